The molecule has 3 rings (SSSR count). The lowest BCUT2D eigenvalue weighted by Gasteiger charge is -2.19. The van der Waals surface area contributed by atoms with Crippen molar-refractivity contribution in [2.75, 3.05) is 28.4 Å². The molecular weight excluding hydrogens is 436 g/mol. The fourth-order valence-corrected chi connectivity index (χ4v) is 4.35. The van der Waals surface area contributed by atoms with Crippen LogP contribution >= 0.6 is 0 Å². The number of carbonyl (C=O) groups is 2. The summed E-state index contributed by atoms with van der Waals surface area (Å²) < 4.78 is 15.9. The zero-order chi connectivity index (χ0) is 24.5. The minimum absolute atomic E-state index is 0.0355. The highest BCUT2D eigenvalue weighted by atomic mass is 16.6. The summed E-state index contributed by atoms with van der Waals surface area (Å²) in [6.45, 7) is 0. The number of hydrogen-bond donors (Lipinski definition) is 1. The van der Waals surface area contributed by atoms with E-state index in [1.807, 2.05) is 42.5 Å². The molecular formula is C26H32N2O6. The first-order valence-corrected chi connectivity index (χ1v) is 11.3. The average molecular weight is 469 g/mol. The number of methoxy groups -OCH3 is 3. The molecule has 0 aliphatic heterocycles. The molecule has 1 aliphatic carbocycles. The zero-order valence-electron chi connectivity index (χ0n) is 20.1. The Morgan fingerprint density at radius 3 is 2.12 bits per heavy atom. The molecule has 1 aliphatic rings. The molecule has 0 heterocycles. The van der Waals surface area contributed by atoms with Gasteiger partial charge in [0.15, 0.2) is 0 Å². The number of hydrogen-bond acceptors (Lipinski definition) is 7. The fraction of sp³-hybridized carbons (Fsp3) is 0.423. The van der Waals surface area contributed by atoms with Crippen LogP contribution in [-0.4, -0.2) is 52.1 Å². The van der Waals surface area contributed by atoms with E-state index in [9.17, 15) is 9.59 Å². The van der Waals surface area contributed by atoms with E-state index in [1.165, 1.54) is 14.2 Å². The molecule has 34 heavy (non-hydrogen) atoms. The second kappa shape index (κ2) is 12.1. The van der Waals surface area contributed by atoms with Crippen LogP contribution in [0.25, 0.3) is 11.1 Å². The highest BCUT2D eigenvalue weighted by molar-refractivity contribution is 6.39. The van der Waals surface area contributed by atoms with Gasteiger partial charge >= 0.3 is 5.97 Å². The Bertz CT molecular complexity index is 990. The molecule has 0 unspecified atom stereocenters. The van der Waals surface area contributed by atoms with E-state index in [1.54, 1.807) is 14.2 Å². The highest BCUT2D eigenvalue weighted by Crippen LogP contribution is 2.38. The van der Waals surface area contributed by atoms with Crippen molar-refractivity contribution >= 4 is 17.6 Å². The minimum atomic E-state index is -0.854. The van der Waals surface area contributed by atoms with Crippen LogP contribution in [0.2, 0.25) is 0 Å². The lowest BCUT2D eigenvalue weighted by molar-refractivity contribution is -0.144. The third-order valence-corrected chi connectivity index (χ3v) is 6.07. The number of carbonyl (C=O) groups excluding carboxylic acids is 2. The van der Waals surface area contributed by atoms with Crippen LogP contribution in [0, 0.1) is 5.92 Å². The van der Waals surface area contributed by atoms with Gasteiger partial charge in [-0.3, -0.25) is 4.79 Å². The standard InChI is InChI=1S/C26H32N2O6/c1-31-21-10-7-11-22(32-2)23(21)18-14-12-17(13-15-18)16-20(26(30)33-3)27-25(29)24(28-34-4)19-8-5-6-9-19/h7,10-15,19-20H,5-6,8-9,16H2,1-4H3,(H,27,29)/t20-/m0/s1. The number of benzene rings is 2. The predicted molar refractivity (Wildman–Crippen MR) is 129 cm³/mol. The molecule has 1 N–H and O–H groups in total. The minimum Gasteiger partial charge on any atom is -0.496 e. The van der Waals surface area contributed by atoms with Crippen molar-refractivity contribution in [2.24, 2.45) is 11.1 Å². The van der Waals surface area contributed by atoms with E-state index in [4.69, 9.17) is 19.0 Å². The third kappa shape index (κ3) is 5.87. The largest absolute Gasteiger partial charge is 0.496 e. The van der Waals surface area contributed by atoms with E-state index in [-0.39, 0.29) is 12.3 Å². The van der Waals surface area contributed by atoms with E-state index in [0.29, 0.717) is 17.2 Å². The number of nitrogens with zero attached hydrogens (tertiary/aromatic N) is 1. The number of nitrogens with one attached hydrogen (secondary N) is 1. The number of oxime groups is 1. The van der Waals surface area contributed by atoms with E-state index < -0.39 is 17.9 Å². The maximum absolute atomic E-state index is 13.0. The molecule has 0 aromatic heterocycles. The summed E-state index contributed by atoms with van der Waals surface area (Å²) in [4.78, 5) is 30.3. The van der Waals surface area contributed by atoms with Crippen LogP contribution in [0.15, 0.2) is 47.6 Å². The van der Waals surface area contributed by atoms with Crippen molar-refractivity contribution in [1.29, 1.82) is 0 Å². The highest BCUT2D eigenvalue weighted by Gasteiger charge is 2.30. The van der Waals surface area contributed by atoms with Gasteiger partial charge < -0.3 is 24.4 Å². The maximum Gasteiger partial charge on any atom is 0.328 e. The van der Waals surface area contributed by atoms with Crippen LogP contribution in [0.4, 0.5) is 0 Å². The second-order valence-corrected chi connectivity index (χ2v) is 8.13. The first-order chi connectivity index (χ1) is 16.5. The van der Waals surface area contributed by atoms with Gasteiger partial charge in [0.1, 0.15) is 30.4 Å². The number of ether oxygens (including phenoxy) is 3. The topological polar surface area (TPSA) is 95.5 Å². The third-order valence-electron chi connectivity index (χ3n) is 6.07. The fourth-order valence-electron chi connectivity index (χ4n) is 4.35. The van der Waals surface area contributed by atoms with Gasteiger partial charge in [0, 0.05) is 12.3 Å². The van der Waals surface area contributed by atoms with Gasteiger partial charge in [-0.25, -0.2) is 4.79 Å². The van der Waals surface area contributed by atoms with Crippen molar-refractivity contribution in [2.45, 2.75) is 38.1 Å². The van der Waals surface area contributed by atoms with Gasteiger partial charge in [-0.05, 0) is 36.1 Å². The molecule has 8 heteroatoms. The summed E-state index contributed by atoms with van der Waals surface area (Å²) in [5.74, 6) is 0.507. The first kappa shape index (κ1) is 25.1. The normalized spacial score (nSPS) is 14.9. The van der Waals surface area contributed by atoms with Gasteiger partial charge in [-0.2, -0.15) is 0 Å². The Hall–Kier alpha value is -3.55. The van der Waals surface area contributed by atoms with E-state index >= 15 is 0 Å². The van der Waals surface area contributed by atoms with Gasteiger partial charge in [-0.15, -0.1) is 0 Å². The quantitative estimate of drug-likeness (QED) is 0.324. The maximum atomic E-state index is 13.0. The summed E-state index contributed by atoms with van der Waals surface area (Å²) >= 11 is 0. The molecule has 2 aromatic carbocycles. The SMILES string of the molecule is CON=C(C(=O)N[C@@H](Cc1ccc(-c2c(OC)cccc2OC)cc1)C(=O)OC)C1CCCC1. The molecule has 1 amide bonds. The molecule has 8 nitrogen and oxygen atoms in total. The first-order valence-electron chi connectivity index (χ1n) is 11.3. The Labute approximate surface area is 200 Å². The smallest absolute Gasteiger partial charge is 0.328 e. The van der Waals surface area contributed by atoms with Crippen molar-refractivity contribution in [1.82, 2.24) is 5.32 Å². The Morgan fingerprint density at radius 2 is 1.59 bits per heavy atom. The summed E-state index contributed by atoms with van der Waals surface area (Å²) in [7, 11) is 5.95. The lowest BCUT2D eigenvalue weighted by Crippen LogP contribution is -2.47. The van der Waals surface area contributed by atoms with Gasteiger partial charge in [0.2, 0.25) is 0 Å². The molecule has 0 bridgehead atoms. The molecule has 1 atom stereocenters. The van der Waals surface area contributed by atoms with Crippen LogP contribution in [0.1, 0.15) is 31.2 Å². The van der Waals surface area contributed by atoms with Crippen molar-refractivity contribution < 1.29 is 28.6 Å². The molecule has 182 valence electrons. The molecule has 0 saturated heterocycles. The zero-order valence-corrected chi connectivity index (χ0v) is 20.1. The summed E-state index contributed by atoms with van der Waals surface area (Å²) in [5, 5.41) is 6.75. The Kier molecular flexibility index (Phi) is 8.90. The van der Waals surface area contributed by atoms with Gasteiger partial charge in [-0.1, -0.05) is 48.3 Å². The molecule has 1 saturated carbocycles. The molecule has 0 spiro atoms. The molecule has 2 aromatic rings. The number of esters is 1. The molecule has 1 fully saturated rings. The lowest BCUT2D eigenvalue weighted by atomic mass is 9.98. The van der Waals surface area contributed by atoms with Crippen LogP contribution < -0.4 is 14.8 Å². The van der Waals surface area contributed by atoms with Gasteiger partial charge in [0.25, 0.3) is 5.91 Å². The predicted octanol–water partition coefficient (Wildman–Crippen LogP) is 3.76. The van der Waals surface area contributed by atoms with Crippen molar-refractivity contribution in [3.05, 3.63) is 48.0 Å². The van der Waals surface area contributed by atoms with Gasteiger partial charge in [0.05, 0.1) is 26.9 Å². The van der Waals surface area contributed by atoms with Crippen LogP contribution in [0.3, 0.4) is 0 Å². The number of rotatable bonds is 10. The average Bonchev–Trinajstić information content (AvgIpc) is 3.40. The Balaban J connectivity index is 1.79. The summed E-state index contributed by atoms with van der Waals surface area (Å²) in [6.07, 6.45) is 4.13. The molecule has 0 radical (unpaired) electrons. The number of amides is 1. The monoisotopic (exact) mass is 468 g/mol. The van der Waals surface area contributed by atoms with Crippen molar-refractivity contribution in [3.8, 4) is 22.6 Å². The summed E-state index contributed by atoms with van der Waals surface area (Å²) in [6, 6.07) is 12.4. The van der Waals surface area contributed by atoms with E-state index in [0.717, 1.165) is 42.4 Å². The van der Waals surface area contributed by atoms with Crippen LogP contribution in [-0.2, 0) is 25.6 Å². The summed E-state index contributed by atoms with van der Waals surface area (Å²) in [5.41, 5.74) is 2.94. The van der Waals surface area contributed by atoms with Crippen molar-refractivity contribution in [3.63, 3.8) is 0 Å². The van der Waals surface area contributed by atoms with Crippen LogP contribution in [0.5, 0.6) is 11.5 Å². The van der Waals surface area contributed by atoms with E-state index in [2.05, 4.69) is 10.5 Å². The second-order valence-electron chi connectivity index (χ2n) is 8.13. The Morgan fingerprint density at radius 1 is 0.971 bits per heavy atom.